The molecule has 1 aromatic rings. The van der Waals surface area contributed by atoms with Gasteiger partial charge in [-0.25, -0.2) is 4.68 Å². The van der Waals surface area contributed by atoms with Crippen molar-refractivity contribution in [1.29, 1.82) is 0 Å². The van der Waals surface area contributed by atoms with Crippen molar-refractivity contribution in [3.8, 4) is 0 Å². The number of carbonyl (C=O) groups excluding carboxylic acids is 1. The zero-order valence-electron chi connectivity index (χ0n) is 8.94. The first kappa shape index (κ1) is 10.1. The zero-order chi connectivity index (χ0) is 10.8. The number of amides is 1. The van der Waals surface area contributed by atoms with Crippen LogP contribution in [0, 0.1) is 0 Å². The second-order valence-corrected chi connectivity index (χ2v) is 4.05. The van der Waals surface area contributed by atoms with E-state index in [0.717, 1.165) is 24.2 Å². The van der Waals surface area contributed by atoms with E-state index in [9.17, 15) is 4.79 Å². The van der Waals surface area contributed by atoms with Crippen LogP contribution in [0.4, 0.5) is 0 Å². The Kier molecular flexibility index (Phi) is 2.70. The lowest BCUT2D eigenvalue weighted by Crippen LogP contribution is -2.15. The van der Waals surface area contributed by atoms with E-state index in [1.807, 2.05) is 4.68 Å². The fourth-order valence-electron chi connectivity index (χ4n) is 1.76. The van der Waals surface area contributed by atoms with E-state index in [1.54, 1.807) is 0 Å². The molecular formula is C10H16N4O. The Bertz CT molecular complexity index is 367. The third-order valence-corrected chi connectivity index (χ3v) is 2.59. The van der Waals surface area contributed by atoms with E-state index in [2.05, 4.69) is 17.2 Å². The van der Waals surface area contributed by atoms with Crippen molar-refractivity contribution in [2.45, 2.75) is 45.1 Å². The molecule has 1 aromatic heterocycles. The van der Waals surface area contributed by atoms with Crippen LogP contribution >= 0.6 is 0 Å². The molecule has 1 heterocycles. The molecule has 0 unspecified atom stereocenters. The molecule has 1 amide bonds. The minimum Gasteiger partial charge on any atom is -0.369 e. The first-order valence-electron chi connectivity index (χ1n) is 5.43. The summed E-state index contributed by atoms with van der Waals surface area (Å²) in [4.78, 5) is 10.9. The minimum atomic E-state index is -0.338. The van der Waals surface area contributed by atoms with E-state index in [4.69, 9.17) is 5.73 Å². The van der Waals surface area contributed by atoms with Crippen LogP contribution < -0.4 is 5.73 Å². The molecular weight excluding hydrogens is 192 g/mol. The quantitative estimate of drug-likeness (QED) is 0.769. The number of primary amides is 1. The molecule has 82 valence electrons. The summed E-state index contributed by atoms with van der Waals surface area (Å²) in [6.07, 6.45) is 4.52. The van der Waals surface area contributed by atoms with Crippen molar-refractivity contribution >= 4 is 5.91 Å². The smallest absolute Gasteiger partial charge is 0.223 e. The highest BCUT2D eigenvalue weighted by molar-refractivity contribution is 5.76. The van der Waals surface area contributed by atoms with Crippen LogP contribution in [0.25, 0.3) is 0 Å². The topological polar surface area (TPSA) is 73.8 Å². The molecule has 5 heteroatoms. The summed E-state index contributed by atoms with van der Waals surface area (Å²) in [5.74, 6) is -0.338. The molecule has 1 fully saturated rings. The number of hydrogen-bond donors (Lipinski definition) is 1. The highest BCUT2D eigenvalue weighted by atomic mass is 16.1. The van der Waals surface area contributed by atoms with E-state index in [1.165, 1.54) is 12.8 Å². The summed E-state index contributed by atoms with van der Waals surface area (Å²) in [5, 5.41) is 8.16. The van der Waals surface area contributed by atoms with Crippen molar-refractivity contribution in [1.82, 2.24) is 15.0 Å². The number of aromatic nitrogens is 3. The number of rotatable bonds is 5. The molecule has 1 saturated carbocycles. The van der Waals surface area contributed by atoms with Crippen molar-refractivity contribution in [2.75, 3.05) is 0 Å². The fourth-order valence-corrected chi connectivity index (χ4v) is 1.76. The van der Waals surface area contributed by atoms with Crippen LogP contribution in [-0.4, -0.2) is 20.9 Å². The van der Waals surface area contributed by atoms with Gasteiger partial charge in [0.2, 0.25) is 5.91 Å². The molecule has 1 aliphatic rings. The number of nitrogens with zero attached hydrogens (tertiary/aromatic N) is 3. The Hall–Kier alpha value is -1.39. The summed E-state index contributed by atoms with van der Waals surface area (Å²) in [6.45, 7) is 2.11. The van der Waals surface area contributed by atoms with Gasteiger partial charge in [0.15, 0.2) is 0 Å². The summed E-state index contributed by atoms with van der Waals surface area (Å²) in [6, 6.07) is 0.515. The lowest BCUT2D eigenvalue weighted by Gasteiger charge is -2.04. The first-order valence-corrected chi connectivity index (χ1v) is 5.43. The van der Waals surface area contributed by atoms with Crippen molar-refractivity contribution in [2.24, 2.45) is 5.73 Å². The van der Waals surface area contributed by atoms with Crippen molar-refractivity contribution in [3.05, 3.63) is 11.4 Å². The minimum absolute atomic E-state index is 0.210. The normalized spacial score (nSPS) is 15.5. The fraction of sp³-hybridized carbons (Fsp3) is 0.700. The number of carbonyl (C=O) groups is 1. The average molecular weight is 208 g/mol. The highest BCUT2D eigenvalue weighted by Crippen LogP contribution is 2.35. The van der Waals surface area contributed by atoms with Gasteiger partial charge in [0, 0.05) is 0 Å². The van der Waals surface area contributed by atoms with Gasteiger partial charge >= 0.3 is 0 Å². The lowest BCUT2D eigenvalue weighted by molar-refractivity contribution is -0.117. The Balaban J connectivity index is 2.24. The summed E-state index contributed by atoms with van der Waals surface area (Å²) < 4.78 is 1.97. The molecule has 0 aliphatic heterocycles. The first-order chi connectivity index (χ1) is 7.22. The monoisotopic (exact) mass is 208 g/mol. The van der Waals surface area contributed by atoms with Crippen molar-refractivity contribution in [3.63, 3.8) is 0 Å². The van der Waals surface area contributed by atoms with Crippen LogP contribution in [-0.2, 0) is 17.6 Å². The van der Waals surface area contributed by atoms with Crippen LogP contribution in [0.1, 0.15) is 43.6 Å². The molecule has 0 spiro atoms. The van der Waals surface area contributed by atoms with Gasteiger partial charge < -0.3 is 5.73 Å². The summed E-state index contributed by atoms with van der Waals surface area (Å²) in [5.41, 5.74) is 7.03. The van der Waals surface area contributed by atoms with Gasteiger partial charge in [-0.15, -0.1) is 5.10 Å². The zero-order valence-corrected chi connectivity index (χ0v) is 8.94. The van der Waals surface area contributed by atoms with E-state index in [-0.39, 0.29) is 12.3 Å². The third-order valence-electron chi connectivity index (χ3n) is 2.59. The molecule has 0 atom stereocenters. The van der Waals surface area contributed by atoms with Gasteiger partial charge in [-0.05, 0) is 19.3 Å². The second-order valence-electron chi connectivity index (χ2n) is 4.05. The summed E-state index contributed by atoms with van der Waals surface area (Å²) in [7, 11) is 0. The van der Waals surface area contributed by atoms with Crippen LogP contribution in [0.15, 0.2) is 0 Å². The van der Waals surface area contributed by atoms with E-state index in [0.29, 0.717) is 6.04 Å². The molecule has 15 heavy (non-hydrogen) atoms. The average Bonchev–Trinajstić information content (AvgIpc) is 2.93. The molecule has 0 bridgehead atoms. The van der Waals surface area contributed by atoms with Gasteiger partial charge in [-0.2, -0.15) is 0 Å². The molecule has 0 radical (unpaired) electrons. The predicted molar refractivity (Wildman–Crippen MR) is 55.2 cm³/mol. The predicted octanol–water partition coefficient (Wildman–Crippen LogP) is 0.593. The second kappa shape index (κ2) is 4.00. The Morgan fingerprint density at radius 3 is 2.87 bits per heavy atom. The molecule has 0 aromatic carbocycles. The molecule has 2 N–H and O–H groups in total. The molecule has 0 saturated heterocycles. The third kappa shape index (κ3) is 2.16. The molecule has 1 aliphatic carbocycles. The van der Waals surface area contributed by atoms with Crippen molar-refractivity contribution < 1.29 is 4.79 Å². The lowest BCUT2D eigenvalue weighted by atomic mass is 10.1. The van der Waals surface area contributed by atoms with Gasteiger partial charge in [-0.1, -0.05) is 18.6 Å². The van der Waals surface area contributed by atoms with Crippen LogP contribution in [0.5, 0.6) is 0 Å². The van der Waals surface area contributed by atoms with E-state index >= 15 is 0 Å². The Morgan fingerprint density at radius 1 is 1.60 bits per heavy atom. The van der Waals surface area contributed by atoms with Gasteiger partial charge in [0.25, 0.3) is 0 Å². The van der Waals surface area contributed by atoms with Gasteiger partial charge in [-0.3, -0.25) is 4.79 Å². The Labute approximate surface area is 88.6 Å². The largest absolute Gasteiger partial charge is 0.369 e. The summed E-state index contributed by atoms with van der Waals surface area (Å²) >= 11 is 0. The molecule has 2 rings (SSSR count). The maximum atomic E-state index is 10.9. The van der Waals surface area contributed by atoms with Gasteiger partial charge in [0.05, 0.1) is 23.9 Å². The molecule has 5 nitrogen and oxygen atoms in total. The number of hydrogen-bond acceptors (Lipinski definition) is 3. The standard InChI is InChI=1S/C10H16N4O/c1-2-3-9-8(6-10(11)15)12-13-14(9)7-4-5-7/h7H,2-6H2,1H3,(H2,11,15). The maximum absolute atomic E-state index is 10.9. The van der Waals surface area contributed by atoms with Gasteiger partial charge in [0.1, 0.15) is 0 Å². The van der Waals surface area contributed by atoms with Crippen LogP contribution in [0.3, 0.4) is 0 Å². The number of nitrogens with two attached hydrogens (primary N) is 1. The van der Waals surface area contributed by atoms with E-state index < -0.39 is 0 Å². The Morgan fingerprint density at radius 2 is 2.33 bits per heavy atom. The van der Waals surface area contributed by atoms with Crippen LogP contribution in [0.2, 0.25) is 0 Å². The maximum Gasteiger partial charge on any atom is 0.223 e. The highest BCUT2D eigenvalue weighted by Gasteiger charge is 2.28. The SMILES string of the molecule is CCCc1c(CC(N)=O)nnn1C1CC1.